The van der Waals surface area contributed by atoms with Crippen LogP contribution in [0.25, 0.3) is 0 Å². The maximum atomic E-state index is 7.00. The Labute approximate surface area is 54.7 Å². The van der Waals surface area contributed by atoms with Crippen LogP contribution in [0.3, 0.4) is 0 Å². The Bertz CT molecular complexity index is 9.61. The quantitative estimate of drug-likeness (QED) is 0.364. The van der Waals surface area contributed by atoms with E-state index in [2.05, 4.69) is 5.73 Å². The summed E-state index contributed by atoms with van der Waals surface area (Å²) in [6, 6.07) is 0. The standard InChI is InChI=1S/CH5N.CH4O.Na/c2*1-2;/h2H2,1H3;2H,1H3;. The summed E-state index contributed by atoms with van der Waals surface area (Å²) in [4.78, 5) is 0. The van der Waals surface area contributed by atoms with Crippen LogP contribution in [0.1, 0.15) is 0 Å². The zero-order valence-corrected chi connectivity index (χ0v) is 6.02. The first-order valence-corrected chi connectivity index (χ1v) is 1.02. The molecule has 3 heteroatoms. The molecule has 0 saturated carbocycles. The fraction of sp³-hybridized carbons (Fsp3) is 1.00. The molecule has 0 aromatic rings. The first-order valence-electron chi connectivity index (χ1n) is 1.02. The summed E-state index contributed by atoms with van der Waals surface area (Å²) in [6.45, 7) is 0. The fourth-order valence-corrected chi connectivity index (χ4v) is 0. The Morgan fingerprint density at radius 3 is 1.20 bits per heavy atom. The zero-order chi connectivity index (χ0) is 4.00. The van der Waals surface area contributed by atoms with Crippen molar-refractivity contribution in [1.82, 2.24) is 0 Å². The Morgan fingerprint density at radius 1 is 1.20 bits per heavy atom. The van der Waals surface area contributed by atoms with Gasteiger partial charge in [-0.25, -0.2) is 0 Å². The van der Waals surface area contributed by atoms with E-state index >= 15 is 0 Å². The summed E-state index contributed by atoms with van der Waals surface area (Å²) < 4.78 is 0. The predicted molar refractivity (Wildman–Crippen MR) is 24.0 cm³/mol. The molecule has 1 radical (unpaired) electrons. The summed E-state index contributed by atoms with van der Waals surface area (Å²) in [6.07, 6.45) is 0. The summed E-state index contributed by atoms with van der Waals surface area (Å²) in [5.41, 5.74) is 4.50. The minimum Gasteiger partial charge on any atom is -0.400 e. The largest absolute Gasteiger partial charge is 0.400 e. The average Bonchev–Trinajstić information content (AvgIpc) is 1.50. The first-order chi connectivity index (χ1) is 2.00. The number of nitrogens with two attached hydrogens (primary N) is 1. The molecule has 0 unspecified atom stereocenters. The van der Waals surface area contributed by atoms with E-state index in [1.54, 1.807) is 0 Å². The normalized spacial score (nSPS) is 2.40. The molecule has 2 nitrogen and oxygen atoms in total. The van der Waals surface area contributed by atoms with Gasteiger partial charge in [0.15, 0.2) is 0 Å². The third-order valence-corrected chi connectivity index (χ3v) is 0. The minimum absolute atomic E-state index is 0. The van der Waals surface area contributed by atoms with Crippen molar-refractivity contribution < 1.29 is 5.11 Å². The second-order valence-electron chi connectivity index (χ2n) is 0. The van der Waals surface area contributed by atoms with Gasteiger partial charge in [0.25, 0.3) is 0 Å². The van der Waals surface area contributed by atoms with Gasteiger partial charge in [0.05, 0.1) is 0 Å². The maximum absolute atomic E-state index is 7.00. The zero-order valence-electron chi connectivity index (χ0n) is 4.02. The molecule has 5 heavy (non-hydrogen) atoms. The van der Waals surface area contributed by atoms with Crippen LogP contribution in [0.15, 0.2) is 0 Å². The summed E-state index contributed by atoms with van der Waals surface area (Å²) >= 11 is 0. The predicted octanol–water partition coefficient (Wildman–Crippen LogP) is -1.20. The van der Waals surface area contributed by atoms with Crippen molar-refractivity contribution in [3.05, 3.63) is 0 Å². The van der Waals surface area contributed by atoms with E-state index in [1.165, 1.54) is 7.05 Å². The van der Waals surface area contributed by atoms with Crippen molar-refractivity contribution in [3.8, 4) is 0 Å². The Morgan fingerprint density at radius 2 is 1.20 bits per heavy atom. The molecule has 0 aromatic carbocycles. The van der Waals surface area contributed by atoms with Crippen LogP contribution in [0.5, 0.6) is 0 Å². The van der Waals surface area contributed by atoms with Gasteiger partial charge in [-0.15, -0.1) is 0 Å². The molecule has 0 atom stereocenters. The van der Waals surface area contributed by atoms with Gasteiger partial charge in [-0.1, -0.05) is 0 Å². The van der Waals surface area contributed by atoms with E-state index in [9.17, 15) is 0 Å². The van der Waals surface area contributed by atoms with E-state index in [0.29, 0.717) is 0 Å². The molecule has 0 aliphatic heterocycles. The summed E-state index contributed by atoms with van der Waals surface area (Å²) in [7, 11) is 2.50. The Hall–Kier alpha value is 0.920. The molecule has 0 bridgehead atoms. The molecule has 0 aromatic heterocycles. The molecule has 3 N–H and O–H groups in total. The molecule has 0 aliphatic carbocycles. The third-order valence-electron chi connectivity index (χ3n) is 0. The van der Waals surface area contributed by atoms with Crippen LogP contribution in [0.2, 0.25) is 0 Å². The average molecular weight is 86.1 g/mol. The van der Waals surface area contributed by atoms with E-state index in [0.717, 1.165) is 7.11 Å². The van der Waals surface area contributed by atoms with Crippen molar-refractivity contribution in [3.63, 3.8) is 0 Å². The summed E-state index contributed by atoms with van der Waals surface area (Å²) in [5, 5.41) is 7.00. The smallest absolute Gasteiger partial charge is 0.0319 e. The molecule has 29 valence electrons. The van der Waals surface area contributed by atoms with Gasteiger partial charge in [0.1, 0.15) is 0 Å². The van der Waals surface area contributed by atoms with E-state index in [4.69, 9.17) is 5.11 Å². The van der Waals surface area contributed by atoms with Gasteiger partial charge < -0.3 is 10.8 Å². The van der Waals surface area contributed by atoms with Crippen molar-refractivity contribution in [2.75, 3.05) is 14.2 Å². The summed E-state index contributed by atoms with van der Waals surface area (Å²) in [5.74, 6) is 0. The second-order valence-corrected chi connectivity index (χ2v) is 0. The maximum Gasteiger partial charge on any atom is 0.0319 e. The van der Waals surface area contributed by atoms with Gasteiger partial charge in [-0.2, -0.15) is 0 Å². The first kappa shape index (κ1) is 16.8. The van der Waals surface area contributed by atoms with E-state index < -0.39 is 0 Å². The van der Waals surface area contributed by atoms with Crippen LogP contribution in [0.4, 0.5) is 0 Å². The molecule has 0 amide bonds. The molecule has 0 saturated heterocycles. The molecular weight excluding hydrogens is 77.0 g/mol. The Balaban J connectivity index is -0.0000000133. The molecule has 0 rings (SSSR count). The van der Waals surface area contributed by atoms with Gasteiger partial charge in [0.2, 0.25) is 0 Å². The van der Waals surface area contributed by atoms with Crippen molar-refractivity contribution >= 4 is 29.6 Å². The molecular formula is C2H9NNaO. The van der Waals surface area contributed by atoms with Gasteiger partial charge >= 0.3 is 0 Å². The minimum atomic E-state index is 0. The van der Waals surface area contributed by atoms with Gasteiger partial charge in [-0.3, -0.25) is 0 Å². The van der Waals surface area contributed by atoms with Crippen LogP contribution in [0, 0.1) is 0 Å². The van der Waals surface area contributed by atoms with Crippen LogP contribution in [-0.2, 0) is 0 Å². The van der Waals surface area contributed by atoms with Gasteiger partial charge in [-0.05, 0) is 7.05 Å². The third kappa shape index (κ3) is 49.6. The Kier molecular flexibility index (Phi) is 300. The van der Waals surface area contributed by atoms with Crippen molar-refractivity contribution in [1.29, 1.82) is 0 Å². The van der Waals surface area contributed by atoms with Crippen LogP contribution >= 0.6 is 0 Å². The number of hydrogen-bond donors (Lipinski definition) is 2. The number of aliphatic hydroxyl groups is 1. The number of hydrogen-bond acceptors (Lipinski definition) is 2. The second kappa shape index (κ2) is 89.3. The van der Waals surface area contributed by atoms with E-state index in [1.807, 2.05) is 0 Å². The molecule has 0 aliphatic rings. The molecule has 0 fully saturated rings. The van der Waals surface area contributed by atoms with Crippen molar-refractivity contribution in [2.24, 2.45) is 5.73 Å². The number of rotatable bonds is 0. The van der Waals surface area contributed by atoms with Crippen LogP contribution < -0.4 is 5.73 Å². The molecule has 0 spiro atoms. The van der Waals surface area contributed by atoms with Crippen LogP contribution in [-0.4, -0.2) is 48.8 Å². The monoisotopic (exact) mass is 86.1 g/mol. The molecule has 0 heterocycles. The van der Waals surface area contributed by atoms with Crippen molar-refractivity contribution in [2.45, 2.75) is 0 Å². The number of aliphatic hydroxyl groups excluding tert-OH is 1. The van der Waals surface area contributed by atoms with Gasteiger partial charge in [0, 0.05) is 36.7 Å². The topological polar surface area (TPSA) is 46.2 Å². The fourth-order valence-electron chi connectivity index (χ4n) is 0. The SMILES string of the molecule is CN.CO.[Na]. The van der Waals surface area contributed by atoms with E-state index in [-0.39, 0.29) is 29.6 Å².